The van der Waals surface area contributed by atoms with E-state index < -0.39 is 0 Å². The largest absolute Gasteiger partial charge is 0.481 e. The molecule has 3 heteroatoms. The van der Waals surface area contributed by atoms with Crippen LogP contribution in [0.15, 0.2) is 12.0 Å². The van der Waals surface area contributed by atoms with E-state index in [-0.39, 0.29) is 12.6 Å². The topological polar surface area (TPSA) is 29.5 Å². The Morgan fingerprint density at radius 3 is 2.06 bits per heavy atom. The zero-order valence-electron chi connectivity index (χ0n) is 11.1. The monoisotopic (exact) mass is 246 g/mol. The molecule has 17 heavy (non-hydrogen) atoms. The fourth-order valence-electron chi connectivity index (χ4n) is 1.73. The Morgan fingerprint density at radius 2 is 1.53 bits per heavy atom. The summed E-state index contributed by atoms with van der Waals surface area (Å²) in [6, 6.07) is 0. The van der Waals surface area contributed by atoms with Crippen LogP contribution in [-0.4, -0.2) is 18.4 Å². The van der Waals surface area contributed by atoms with Crippen molar-refractivity contribution < 1.29 is 14.2 Å². The maximum atomic E-state index is 11.8. The van der Waals surface area contributed by atoms with Gasteiger partial charge in [0.05, 0.1) is 13.3 Å². The van der Waals surface area contributed by atoms with Crippen LogP contribution in [-0.2, 0) is 4.74 Å². The molecule has 0 fully saturated rings. The summed E-state index contributed by atoms with van der Waals surface area (Å²) in [5.74, 6) is 0.0544. The average molecular weight is 246 g/mol. The van der Waals surface area contributed by atoms with Crippen LogP contribution in [0.2, 0.25) is 0 Å². The van der Waals surface area contributed by atoms with Crippen LogP contribution >= 0.6 is 0 Å². The zero-order valence-corrected chi connectivity index (χ0v) is 11.1. The minimum Gasteiger partial charge on any atom is -0.481 e. The van der Waals surface area contributed by atoms with Gasteiger partial charge in [-0.1, -0.05) is 38.5 Å². The molecule has 0 aromatic heterocycles. The lowest BCUT2D eigenvalue weighted by molar-refractivity contribution is 0.101. The molecule has 0 saturated heterocycles. The van der Waals surface area contributed by atoms with Crippen molar-refractivity contribution in [3.63, 3.8) is 0 Å². The Morgan fingerprint density at radius 1 is 1.00 bits per heavy atom. The van der Waals surface area contributed by atoms with Crippen molar-refractivity contribution in [1.82, 2.24) is 0 Å². The van der Waals surface area contributed by atoms with Crippen LogP contribution < -0.4 is 0 Å². The summed E-state index contributed by atoms with van der Waals surface area (Å²) < 4.78 is 16.7. The second-order valence-corrected chi connectivity index (χ2v) is 4.28. The molecule has 0 heterocycles. The summed E-state index contributed by atoms with van der Waals surface area (Å²) >= 11 is 0. The molecule has 0 atom stereocenters. The Bertz CT molecular complexity index is 181. The lowest BCUT2D eigenvalue weighted by atomic mass is 10.1. The standard InChI is InChI=1S/C14H27FO2/c1-2-17-14(16)12-10-8-6-4-3-5-7-9-11-13-15/h12,16H,2-11,13H2,1H3. The Balaban J connectivity index is 3.10. The summed E-state index contributed by atoms with van der Waals surface area (Å²) in [5.41, 5.74) is 0. The molecule has 0 saturated carbocycles. The Labute approximate surface area is 105 Å². The van der Waals surface area contributed by atoms with Gasteiger partial charge in [0.2, 0.25) is 0 Å². The molecule has 0 unspecified atom stereocenters. The van der Waals surface area contributed by atoms with E-state index in [0.29, 0.717) is 6.61 Å². The number of alkyl halides is 1. The molecule has 0 amide bonds. The number of aliphatic hydroxyl groups is 1. The summed E-state index contributed by atoms with van der Waals surface area (Å²) in [6.45, 7) is 2.20. The third-order valence-electron chi connectivity index (χ3n) is 2.70. The van der Waals surface area contributed by atoms with Gasteiger partial charge in [0, 0.05) is 0 Å². The predicted octanol–water partition coefficient (Wildman–Crippen LogP) is 4.90. The van der Waals surface area contributed by atoms with Crippen molar-refractivity contribution in [1.29, 1.82) is 0 Å². The van der Waals surface area contributed by atoms with Crippen LogP contribution in [0.1, 0.15) is 64.7 Å². The van der Waals surface area contributed by atoms with Gasteiger partial charge in [0.1, 0.15) is 0 Å². The summed E-state index contributed by atoms with van der Waals surface area (Å²) in [5, 5.41) is 9.18. The first-order valence-corrected chi connectivity index (χ1v) is 6.89. The number of allylic oxidation sites excluding steroid dienone is 1. The number of hydrogen-bond acceptors (Lipinski definition) is 2. The minimum absolute atomic E-state index is 0.0544. The van der Waals surface area contributed by atoms with E-state index >= 15 is 0 Å². The fourth-order valence-corrected chi connectivity index (χ4v) is 1.73. The van der Waals surface area contributed by atoms with Crippen LogP contribution in [0.25, 0.3) is 0 Å². The van der Waals surface area contributed by atoms with Crippen molar-refractivity contribution in [2.75, 3.05) is 13.3 Å². The molecule has 0 rings (SSSR count). The first kappa shape index (κ1) is 16.3. The number of halogens is 1. The van der Waals surface area contributed by atoms with E-state index in [1.165, 1.54) is 25.7 Å². The van der Waals surface area contributed by atoms with Gasteiger partial charge in [-0.25, -0.2) is 0 Å². The highest BCUT2D eigenvalue weighted by Gasteiger charge is 1.93. The second kappa shape index (κ2) is 13.3. The summed E-state index contributed by atoms with van der Waals surface area (Å²) in [7, 11) is 0. The third kappa shape index (κ3) is 13.2. The van der Waals surface area contributed by atoms with E-state index in [0.717, 1.165) is 32.1 Å². The molecular formula is C14H27FO2. The van der Waals surface area contributed by atoms with E-state index in [1.54, 1.807) is 6.08 Å². The van der Waals surface area contributed by atoms with Crippen LogP contribution in [0.5, 0.6) is 0 Å². The van der Waals surface area contributed by atoms with Gasteiger partial charge in [-0.2, -0.15) is 0 Å². The molecule has 2 nitrogen and oxygen atoms in total. The number of rotatable bonds is 12. The highest BCUT2D eigenvalue weighted by Crippen LogP contribution is 2.10. The van der Waals surface area contributed by atoms with E-state index in [4.69, 9.17) is 4.74 Å². The highest BCUT2D eigenvalue weighted by atomic mass is 19.1. The van der Waals surface area contributed by atoms with Crippen molar-refractivity contribution >= 4 is 0 Å². The molecule has 0 bridgehead atoms. The maximum absolute atomic E-state index is 11.8. The molecular weight excluding hydrogens is 219 g/mol. The highest BCUT2D eigenvalue weighted by molar-refractivity contribution is 4.80. The smallest absolute Gasteiger partial charge is 0.272 e. The third-order valence-corrected chi connectivity index (χ3v) is 2.70. The van der Waals surface area contributed by atoms with Gasteiger partial charge in [-0.05, 0) is 32.3 Å². The first-order chi connectivity index (χ1) is 8.31. The zero-order chi connectivity index (χ0) is 12.8. The number of unbranched alkanes of at least 4 members (excludes halogenated alkanes) is 8. The van der Waals surface area contributed by atoms with Crippen molar-refractivity contribution in [2.24, 2.45) is 0 Å². The predicted molar refractivity (Wildman–Crippen MR) is 69.9 cm³/mol. The molecule has 0 radical (unpaired) electrons. The minimum atomic E-state index is -0.171. The molecule has 0 aliphatic heterocycles. The van der Waals surface area contributed by atoms with Crippen molar-refractivity contribution in [3.05, 3.63) is 12.0 Å². The Hall–Kier alpha value is -0.730. The lowest BCUT2D eigenvalue weighted by Gasteiger charge is -2.01. The molecule has 0 aliphatic rings. The van der Waals surface area contributed by atoms with Gasteiger partial charge in [0.25, 0.3) is 5.95 Å². The van der Waals surface area contributed by atoms with Gasteiger partial charge in [0.15, 0.2) is 0 Å². The van der Waals surface area contributed by atoms with E-state index in [1.807, 2.05) is 6.92 Å². The van der Waals surface area contributed by atoms with E-state index in [9.17, 15) is 9.50 Å². The second-order valence-electron chi connectivity index (χ2n) is 4.28. The molecule has 0 spiro atoms. The van der Waals surface area contributed by atoms with Gasteiger partial charge in [-0.15, -0.1) is 0 Å². The lowest BCUT2D eigenvalue weighted by Crippen LogP contribution is -1.89. The van der Waals surface area contributed by atoms with Gasteiger partial charge >= 0.3 is 0 Å². The molecule has 1 N–H and O–H groups in total. The van der Waals surface area contributed by atoms with Crippen LogP contribution in [0.3, 0.4) is 0 Å². The summed E-state index contributed by atoms with van der Waals surface area (Å²) in [4.78, 5) is 0. The molecule has 102 valence electrons. The number of hydrogen-bond donors (Lipinski definition) is 1. The fraction of sp³-hybridized carbons (Fsp3) is 0.857. The normalized spacial score (nSPS) is 11.8. The maximum Gasteiger partial charge on any atom is 0.272 e. The number of ether oxygens (including phenoxy) is 1. The van der Waals surface area contributed by atoms with Crippen LogP contribution in [0.4, 0.5) is 4.39 Å². The Kier molecular flexibility index (Phi) is 12.8. The molecule has 0 aliphatic carbocycles. The van der Waals surface area contributed by atoms with E-state index in [2.05, 4.69) is 0 Å². The number of aliphatic hydroxyl groups excluding tert-OH is 1. The average Bonchev–Trinajstić information content (AvgIpc) is 2.32. The van der Waals surface area contributed by atoms with Crippen LogP contribution in [0, 0.1) is 0 Å². The van der Waals surface area contributed by atoms with Crippen molar-refractivity contribution in [2.45, 2.75) is 64.7 Å². The SMILES string of the molecule is CCOC(O)=CCCCCCCCCCCF. The molecule has 0 aromatic rings. The van der Waals surface area contributed by atoms with Gasteiger partial charge < -0.3 is 9.84 Å². The molecule has 0 aromatic carbocycles. The van der Waals surface area contributed by atoms with Crippen molar-refractivity contribution in [3.8, 4) is 0 Å². The summed E-state index contributed by atoms with van der Waals surface area (Å²) in [6.07, 6.45) is 11.5. The quantitative estimate of drug-likeness (QED) is 0.392. The first-order valence-electron chi connectivity index (χ1n) is 6.89. The van der Waals surface area contributed by atoms with Gasteiger partial charge in [-0.3, -0.25) is 4.39 Å².